The molecule has 2 saturated heterocycles. The maximum absolute atomic E-state index is 4.62. The molecular formula is C22H31N5. The van der Waals surface area contributed by atoms with Crippen molar-refractivity contribution in [3.63, 3.8) is 0 Å². The van der Waals surface area contributed by atoms with Gasteiger partial charge in [-0.1, -0.05) is 18.2 Å². The van der Waals surface area contributed by atoms with Crippen LogP contribution in [0, 0.1) is 5.92 Å². The molecule has 1 atom stereocenters. The van der Waals surface area contributed by atoms with Gasteiger partial charge in [0, 0.05) is 62.9 Å². The van der Waals surface area contributed by atoms with E-state index < -0.39 is 0 Å². The van der Waals surface area contributed by atoms with E-state index in [0.29, 0.717) is 0 Å². The molecule has 0 aliphatic carbocycles. The molecule has 1 aromatic carbocycles. The van der Waals surface area contributed by atoms with Gasteiger partial charge in [-0.15, -0.1) is 0 Å². The molecule has 3 heterocycles. The molecule has 144 valence electrons. The van der Waals surface area contributed by atoms with E-state index in [4.69, 9.17) is 0 Å². The molecular weight excluding hydrogens is 334 g/mol. The van der Waals surface area contributed by atoms with Crippen LogP contribution in [-0.4, -0.2) is 54.6 Å². The molecule has 1 unspecified atom stereocenters. The van der Waals surface area contributed by atoms with E-state index in [0.717, 1.165) is 51.1 Å². The monoisotopic (exact) mass is 365 g/mol. The predicted molar refractivity (Wildman–Crippen MR) is 111 cm³/mol. The smallest absolute Gasteiger partial charge is 0.225 e. The number of aromatic nitrogens is 2. The Labute approximate surface area is 163 Å². The fraction of sp³-hybridized carbons (Fsp3) is 0.545. The zero-order chi connectivity index (χ0) is 18.5. The van der Waals surface area contributed by atoms with Crippen molar-refractivity contribution < 1.29 is 0 Å². The molecule has 27 heavy (non-hydrogen) atoms. The van der Waals surface area contributed by atoms with E-state index in [1.807, 2.05) is 12.4 Å². The fourth-order valence-corrected chi connectivity index (χ4v) is 4.36. The quantitative estimate of drug-likeness (QED) is 0.784. The van der Waals surface area contributed by atoms with Gasteiger partial charge < -0.3 is 14.7 Å². The Kier molecular flexibility index (Phi) is 5.87. The van der Waals surface area contributed by atoms with Crippen LogP contribution in [-0.2, 0) is 6.54 Å². The normalized spacial score (nSPS) is 20.4. The number of hydrogen-bond donors (Lipinski definition) is 0. The van der Waals surface area contributed by atoms with Crippen molar-refractivity contribution in [2.45, 2.75) is 32.2 Å². The van der Waals surface area contributed by atoms with Gasteiger partial charge in [-0.2, -0.15) is 0 Å². The van der Waals surface area contributed by atoms with Crippen molar-refractivity contribution in [2.75, 3.05) is 49.6 Å². The summed E-state index contributed by atoms with van der Waals surface area (Å²) in [5.41, 5.74) is 2.56. The van der Waals surface area contributed by atoms with E-state index >= 15 is 0 Å². The fourth-order valence-electron chi connectivity index (χ4n) is 4.36. The summed E-state index contributed by atoms with van der Waals surface area (Å²) in [6.45, 7) is 6.55. The number of rotatable bonds is 6. The Morgan fingerprint density at radius 1 is 0.963 bits per heavy atom. The summed E-state index contributed by atoms with van der Waals surface area (Å²) >= 11 is 0. The standard InChI is InChI=1S/C22H31N5/c1-25(16-19-10-13-27(18-19)21-8-4-2-5-9-21)17-20-14-23-22(24-15-20)26-11-6-3-7-12-26/h2,4-5,8-9,14-15,19H,3,6-7,10-13,16-18H2,1H3. The summed E-state index contributed by atoms with van der Waals surface area (Å²) in [5, 5.41) is 0. The van der Waals surface area contributed by atoms with E-state index in [9.17, 15) is 0 Å². The number of piperidine rings is 1. The molecule has 2 aliphatic rings. The van der Waals surface area contributed by atoms with Crippen molar-refractivity contribution in [3.8, 4) is 0 Å². The molecule has 0 amide bonds. The SMILES string of the molecule is CN(Cc1cnc(N2CCCCC2)nc1)CC1CCN(c2ccccc2)C1. The minimum atomic E-state index is 0.726. The summed E-state index contributed by atoms with van der Waals surface area (Å²) in [5.74, 6) is 1.62. The Morgan fingerprint density at radius 3 is 2.44 bits per heavy atom. The van der Waals surface area contributed by atoms with Crippen molar-refractivity contribution in [1.29, 1.82) is 0 Å². The lowest BCUT2D eigenvalue weighted by Crippen LogP contribution is -2.31. The molecule has 0 saturated carbocycles. The average molecular weight is 366 g/mol. The van der Waals surface area contributed by atoms with Gasteiger partial charge in [0.1, 0.15) is 0 Å². The lowest BCUT2D eigenvalue weighted by molar-refractivity contribution is 0.279. The Bertz CT molecular complexity index is 696. The number of anilines is 2. The molecule has 1 aromatic heterocycles. The number of nitrogens with zero attached hydrogens (tertiary/aromatic N) is 5. The van der Waals surface area contributed by atoms with Gasteiger partial charge >= 0.3 is 0 Å². The predicted octanol–water partition coefficient (Wildman–Crippen LogP) is 3.43. The highest BCUT2D eigenvalue weighted by molar-refractivity contribution is 5.46. The highest BCUT2D eigenvalue weighted by atomic mass is 15.2. The number of benzene rings is 1. The second-order valence-electron chi connectivity index (χ2n) is 8.07. The molecule has 2 fully saturated rings. The maximum atomic E-state index is 4.62. The molecule has 2 aromatic rings. The van der Waals surface area contributed by atoms with Gasteiger partial charge in [-0.05, 0) is 50.8 Å². The molecule has 0 spiro atoms. The van der Waals surface area contributed by atoms with Crippen LogP contribution in [0.1, 0.15) is 31.2 Å². The molecule has 2 aliphatic heterocycles. The summed E-state index contributed by atoms with van der Waals surface area (Å²) in [6.07, 6.45) is 9.15. The summed E-state index contributed by atoms with van der Waals surface area (Å²) in [7, 11) is 2.21. The first-order valence-corrected chi connectivity index (χ1v) is 10.3. The number of para-hydroxylation sites is 1. The van der Waals surface area contributed by atoms with Crippen molar-refractivity contribution in [1.82, 2.24) is 14.9 Å². The third-order valence-corrected chi connectivity index (χ3v) is 5.76. The first kappa shape index (κ1) is 18.2. The first-order valence-electron chi connectivity index (χ1n) is 10.3. The Morgan fingerprint density at radius 2 is 1.70 bits per heavy atom. The van der Waals surface area contributed by atoms with Gasteiger partial charge in [-0.3, -0.25) is 0 Å². The minimum absolute atomic E-state index is 0.726. The van der Waals surface area contributed by atoms with Gasteiger partial charge in [-0.25, -0.2) is 9.97 Å². The molecule has 0 radical (unpaired) electrons. The first-order chi connectivity index (χ1) is 13.3. The Hall–Kier alpha value is -2.14. The zero-order valence-electron chi connectivity index (χ0n) is 16.4. The van der Waals surface area contributed by atoms with E-state index in [1.165, 1.54) is 36.9 Å². The summed E-state index contributed by atoms with van der Waals surface area (Å²) < 4.78 is 0. The van der Waals surface area contributed by atoms with E-state index in [1.54, 1.807) is 0 Å². The second-order valence-corrected chi connectivity index (χ2v) is 8.07. The van der Waals surface area contributed by atoms with Crippen LogP contribution in [0.2, 0.25) is 0 Å². The van der Waals surface area contributed by atoms with Crippen LogP contribution >= 0.6 is 0 Å². The molecule has 5 nitrogen and oxygen atoms in total. The third-order valence-electron chi connectivity index (χ3n) is 5.76. The zero-order valence-corrected chi connectivity index (χ0v) is 16.4. The molecule has 4 rings (SSSR count). The highest BCUT2D eigenvalue weighted by Crippen LogP contribution is 2.24. The molecule has 5 heteroatoms. The number of hydrogen-bond acceptors (Lipinski definition) is 5. The van der Waals surface area contributed by atoms with Crippen LogP contribution < -0.4 is 9.80 Å². The van der Waals surface area contributed by atoms with Gasteiger partial charge in [0.15, 0.2) is 0 Å². The minimum Gasteiger partial charge on any atom is -0.371 e. The highest BCUT2D eigenvalue weighted by Gasteiger charge is 2.23. The molecule has 0 N–H and O–H groups in total. The molecule has 0 bridgehead atoms. The lowest BCUT2D eigenvalue weighted by Gasteiger charge is -2.26. The van der Waals surface area contributed by atoms with Crippen LogP contribution in [0.15, 0.2) is 42.7 Å². The van der Waals surface area contributed by atoms with Gasteiger partial charge in [0.25, 0.3) is 0 Å². The van der Waals surface area contributed by atoms with Crippen LogP contribution in [0.5, 0.6) is 0 Å². The van der Waals surface area contributed by atoms with Crippen molar-refractivity contribution in [3.05, 3.63) is 48.3 Å². The summed E-state index contributed by atoms with van der Waals surface area (Å²) in [4.78, 5) is 16.5. The third kappa shape index (κ3) is 4.78. The summed E-state index contributed by atoms with van der Waals surface area (Å²) in [6, 6.07) is 10.8. The van der Waals surface area contributed by atoms with Gasteiger partial charge in [0.2, 0.25) is 5.95 Å². The average Bonchev–Trinajstić information content (AvgIpc) is 3.18. The second kappa shape index (κ2) is 8.70. The van der Waals surface area contributed by atoms with Crippen LogP contribution in [0.25, 0.3) is 0 Å². The van der Waals surface area contributed by atoms with Gasteiger partial charge in [0.05, 0.1) is 0 Å². The Balaban J connectivity index is 1.26. The maximum Gasteiger partial charge on any atom is 0.225 e. The van der Waals surface area contributed by atoms with E-state index in [-0.39, 0.29) is 0 Å². The van der Waals surface area contributed by atoms with Crippen molar-refractivity contribution >= 4 is 11.6 Å². The van der Waals surface area contributed by atoms with E-state index in [2.05, 4.69) is 62.0 Å². The van der Waals surface area contributed by atoms with Crippen LogP contribution in [0.3, 0.4) is 0 Å². The largest absolute Gasteiger partial charge is 0.371 e. The van der Waals surface area contributed by atoms with Crippen molar-refractivity contribution in [2.24, 2.45) is 5.92 Å². The lowest BCUT2D eigenvalue weighted by atomic mass is 10.1. The topological polar surface area (TPSA) is 35.5 Å². The van der Waals surface area contributed by atoms with Crippen LogP contribution in [0.4, 0.5) is 11.6 Å².